The van der Waals surface area contributed by atoms with Crippen LogP contribution < -0.4 is 18.9 Å². The molecule has 0 fully saturated rings. The molecule has 0 aromatic heterocycles. The van der Waals surface area contributed by atoms with Crippen molar-refractivity contribution in [2.75, 3.05) is 46.2 Å². The molecule has 12 heteroatoms. The van der Waals surface area contributed by atoms with Crippen LogP contribution in [0.4, 0.5) is 0 Å². The Balaban J connectivity index is 1.72. The van der Waals surface area contributed by atoms with E-state index in [1.807, 2.05) is 72.8 Å². The quantitative estimate of drug-likeness (QED) is 0.104. The summed E-state index contributed by atoms with van der Waals surface area (Å²) in [5.74, 6) is -0.969. The summed E-state index contributed by atoms with van der Waals surface area (Å²) in [4.78, 5) is 49.4. The zero-order valence-corrected chi connectivity index (χ0v) is 30.6. The zero-order valence-electron chi connectivity index (χ0n) is 30.6. The molecule has 0 unspecified atom stereocenters. The molecular formula is C42H44O12. The lowest BCUT2D eigenvalue weighted by atomic mass is 9.91. The summed E-state index contributed by atoms with van der Waals surface area (Å²) in [6.07, 6.45) is 1.08. The minimum absolute atomic E-state index is 0.194. The maximum Gasteiger partial charge on any atom is 0.344 e. The topological polar surface area (TPSA) is 153 Å². The van der Waals surface area contributed by atoms with Crippen LogP contribution in [0.5, 0.6) is 23.0 Å². The molecule has 5 rings (SSSR count). The first kappa shape index (κ1) is 39.2. The van der Waals surface area contributed by atoms with Crippen LogP contribution in [0.1, 0.15) is 65.3 Å². The van der Waals surface area contributed by atoms with Crippen LogP contribution in [0, 0.1) is 0 Å². The van der Waals surface area contributed by atoms with Crippen LogP contribution in [0.3, 0.4) is 0 Å². The lowest BCUT2D eigenvalue weighted by molar-refractivity contribution is -0.146. The number of rotatable bonds is 15. The van der Waals surface area contributed by atoms with Crippen LogP contribution in [-0.4, -0.2) is 75.2 Å². The Labute approximate surface area is 313 Å². The Morgan fingerprint density at radius 1 is 0.426 bits per heavy atom. The summed E-state index contributed by atoms with van der Waals surface area (Å²) in [6, 6.07) is 22.5. The van der Waals surface area contributed by atoms with E-state index in [2.05, 4.69) is 0 Å². The van der Waals surface area contributed by atoms with Crippen LogP contribution in [0.2, 0.25) is 0 Å². The number of aliphatic carboxylic acids is 1. The van der Waals surface area contributed by atoms with Gasteiger partial charge >= 0.3 is 23.9 Å². The highest BCUT2D eigenvalue weighted by molar-refractivity contribution is 5.72. The van der Waals surface area contributed by atoms with Crippen molar-refractivity contribution in [3.05, 3.63) is 117 Å². The van der Waals surface area contributed by atoms with E-state index in [1.165, 1.54) is 0 Å². The third kappa shape index (κ3) is 10.3. The summed E-state index contributed by atoms with van der Waals surface area (Å²) in [5, 5.41) is 9.62. The lowest BCUT2D eigenvalue weighted by Gasteiger charge is -2.22. The van der Waals surface area contributed by atoms with Gasteiger partial charge in [0.05, 0.1) is 19.8 Å². The maximum absolute atomic E-state index is 12.5. The Bertz CT molecular complexity index is 1850. The third-order valence-corrected chi connectivity index (χ3v) is 8.50. The summed E-state index contributed by atoms with van der Waals surface area (Å²) in [5.41, 5.74) is 5.73. The monoisotopic (exact) mass is 740 g/mol. The molecule has 0 spiro atoms. The van der Waals surface area contributed by atoms with Crippen LogP contribution in [0.25, 0.3) is 0 Å². The fourth-order valence-corrected chi connectivity index (χ4v) is 6.36. The Kier molecular flexibility index (Phi) is 13.9. The number of benzene rings is 4. The van der Waals surface area contributed by atoms with Gasteiger partial charge in [0.1, 0.15) is 23.0 Å². The van der Waals surface area contributed by atoms with Gasteiger partial charge in [-0.3, -0.25) is 0 Å². The van der Waals surface area contributed by atoms with Crippen LogP contribution >= 0.6 is 0 Å². The highest BCUT2D eigenvalue weighted by Crippen LogP contribution is 2.39. The molecule has 1 N–H and O–H groups in total. The Hall–Kier alpha value is -6.04. The molecule has 0 amide bonds. The molecule has 4 aromatic carbocycles. The van der Waals surface area contributed by atoms with Gasteiger partial charge in [0.15, 0.2) is 26.4 Å². The Morgan fingerprint density at radius 3 is 0.852 bits per heavy atom. The molecule has 8 bridgehead atoms. The van der Waals surface area contributed by atoms with Crippen molar-refractivity contribution < 1.29 is 57.4 Å². The summed E-state index contributed by atoms with van der Waals surface area (Å²) in [7, 11) is 0. The molecule has 0 atom stereocenters. The molecule has 0 saturated heterocycles. The van der Waals surface area contributed by atoms with Gasteiger partial charge in [-0.25, -0.2) is 19.2 Å². The first-order valence-electron chi connectivity index (χ1n) is 17.8. The smallest absolute Gasteiger partial charge is 0.344 e. The number of fused-ring (bicyclic) bond motifs is 8. The molecule has 0 saturated carbocycles. The van der Waals surface area contributed by atoms with Crippen molar-refractivity contribution in [2.45, 2.75) is 46.5 Å². The van der Waals surface area contributed by atoms with Gasteiger partial charge in [0.2, 0.25) is 0 Å². The average Bonchev–Trinajstić information content (AvgIpc) is 3.13. The molecule has 0 radical (unpaired) electrons. The van der Waals surface area contributed by atoms with Gasteiger partial charge in [-0.15, -0.1) is 0 Å². The van der Waals surface area contributed by atoms with Crippen molar-refractivity contribution in [2.24, 2.45) is 0 Å². The lowest BCUT2D eigenvalue weighted by Crippen LogP contribution is -2.18. The van der Waals surface area contributed by atoms with Crippen LogP contribution in [-0.2, 0) is 59.1 Å². The van der Waals surface area contributed by atoms with Crippen molar-refractivity contribution in [3.63, 3.8) is 0 Å². The van der Waals surface area contributed by atoms with E-state index < -0.39 is 30.5 Å². The number of esters is 3. The molecule has 1 aliphatic carbocycles. The minimum Gasteiger partial charge on any atom is -0.481 e. The van der Waals surface area contributed by atoms with Crippen molar-refractivity contribution in [1.82, 2.24) is 0 Å². The Morgan fingerprint density at radius 2 is 0.648 bits per heavy atom. The molecule has 12 nitrogen and oxygen atoms in total. The number of para-hydroxylation sites is 4. The fourth-order valence-electron chi connectivity index (χ4n) is 6.36. The van der Waals surface area contributed by atoms with Crippen LogP contribution in [0.15, 0.2) is 72.8 Å². The van der Waals surface area contributed by atoms with Gasteiger partial charge in [-0.1, -0.05) is 72.8 Å². The van der Waals surface area contributed by atoms with E-state index in [0.717, 1.165) is 22.3 Å². The summed E-state index contributed by atoms with van der Waals surface area (Å²) >= 11 is 0. The highest BCUT2D eigenvalue weighted by atomic mass is 16.6. The molecule has 0 heterocycles. The second-order valence-electron chi connectivity index (χ2n) is 12.3. The molecular weight excluding hydrogens is 696 g/mol. The normalized spacial score (nSPS) is 11.8. The number of carbonyl (C=O) groups excluding carboxylic acids is 3. The van der Waals surface area contributed by atoms with Gasteiger partial charge in [0.25, 0.3) is 0 Å². The van der Waals surface area contributed by atoms with E-state index in [-0.39, 0.29) is 65.3 Å². The largest absolute Gasteiger partial charge is 0.481 e. The van der Waals surface area contributed by atoms with Gasteiger partial charge in [-0.2, -0.15) is 0 Å². The fraction of sp³-hybridized carbons (Fsp3) is 0.333. The van der Waals surface area contributed by atoms with Gasteiger partial charge < -0.3 is 38.3 Å². The van der Waals surface area contributed by atoms with E-state index in [4.69, 9.17) is 33.2 Å². The summed E-state index contributed by atoms with van der Waals surface area (Å²) in [6.45, 7) is 4.16. The third-order valence-electron chi connectivity index (χ3n) is 8.50. The number of hydrogen-bond donors (Lipinski definition) is 1. The first-order valence-corrected chi connectivity index (χ1v) is 17.8. The summed E-state index contributed by atoms with van der Waals surface area (Å²) < 4.78 is 40.1. The molecule has 54 heavy (non-hydrogen) atoms. The average molecular weight is 741 g/mol. The van der Waals surface area contributed by atoms with E-state index in [1.54, 1.807) is 20.8 Å². The van der Waals surface area contributed by atoms with Crippen molar-refractivity contribution in [3.8, 4) is 23.0 Å². The first-order chi connectivity index (χ1) is 26.2. The second-order valence-corrected chi connectivity index (χ2v) is 12.3. The number of carbonyl (C=O) groups is 4. The van der Waals surface area contributed by atoms with Crippen molar-refractivity contribution in [1.29, 1.82) is 0 Å². The van der Waals surface area contributed by atoms with E-state index in [0.29, 0.717) is 45.3 Å². The zero-order chi connectivity index (χ0) is 38.5. The number of carboxylic acid groups (broad SMARTS) is 1. The number of hydrogen-bond acceptors (Lipinski definition) is 11. The molecule has 1 aliphatic rings. The van der Waals surface area contributed by atoms with Gasteiger partial charge in [-0.05, 0) is 65.3 Å². The highest BCUT2D eigenvalue weighted by Gasteiger charge is 2.23. The number of carboxylic acids is 1. The maximum atomic E-state index is 12.5. The second kappa shape index (κ2) is 19.2. The molecule has 284 valence electrons. The van der Waals surface area contributed by atoms with E-state index >= 15 is 0 Å². The minimum atomic E-state index is -1.14. The standard InChI is InChI=1S/C42H44O12/c1-4-48-36(45)24-52-40-29-13-8-15-31(40)21-33-17-10-18-34(42(33)54-26-38(47)50-6-3)22-32-16-9-14-30(41(32)53-25-37(46)49-5-2)20-28-12-7-11-27(19-29)39(28)51-23-35(43)44/h7-18H,4-6,19-26H2,1-3H3,(H,43,44). The van der Waals surface area contributed by atoms with Gasteiger partial charge in [0, 0.05) is 25.7 Å². The predicted molar refractivity (Wildman–Crippen MR) is 197 cm³/mol. The molecule has 4 aromatic rings. The molecule has 0 aliphatic heterocycles. The van der Waals surface area contributed by atoms with Crippen molar-refractivity contribution >= 4 is 23.9 Å². The predicted octanol–water partition coefficient (Wildman–Crippen LogP) is 5.65. The number of ether oxygens (including phenoxy) is 7. The van der Waals surface area contributed by atoms with E-state index in [9.17, 15) is 24.3 Å². The SMILES string of the molecule is CCOC(=O)COc1c2cccc1Cc1cccc(c1OCC(=O)OCC)Cc1cccc(c1OCC(=O)OCC)Cc1cccc(c1OCC(=O)O)C2.